The first-order chi connectivity index (χ1) is 10.7. The van der Waals surface area contributed by atoms with E-state index in [1.807, 2.05) is 31.2 Å². The van der Waals surface area contributed by atoms with Crippen LogP contribution in [0.25, 0.3) is 10.9 Å². The highest BCUT2D eigenvalue weighted by Crippen LogP contribution is 2.26. The Balaban J connectivity index is 1.94. The summed E-state index contributed by atoms with van der Waals surface area (Å²) >= 11 is 0. The second-order valence-electron chi connectivity index (χ2n) is 6.11. The van der Waals surface area contributed by atoms with E-state index < -0.39 is 6.10 Å². The van der Waals surface area contributed by atoms with Crippen molar-refractivity contribution in [2.75, 3.05) is 0 Å². The predicted octanol–water partition coefficient (Wildman–Crippen LogP) is 3.13. The molecule has 1 saturated carbocycles. The van der Waals surface area contributed by atoms with Crippen molar-refractivity contribution in [1.82, 2.24) is 4.98 Å². The third kappa shape index (κ3) is 2.93. The van der Waals surface area contributed by atoms with Crippen LogP contribution >= 0.6 is 0 Å². The van der Waals surface area contributed by atoms with Crippen molar-refractivity contribution in [2.24, 2.45) is 5.92 Å². The number of nitrogens with one attached hydrogen (secondary N) is 1. The molecule has 3 nitrogen and oxygen atoms in total. The lowest BCUT2D eigenvalue weighted by molar-refractivity contribution is 0.133. The van der Waals surface area contributed by atoms with Crippen LogP contribution in [-0.2, 0) is 0 Å². The molecule has 114 valence electrons. The molecular formula is C19H21NO2. The van der Waals surface area contributed by atoms with Gasteiger partial charge in [-0.2, -0.15) is 0 Å². The van der Waals surface area contributed by atoms with Gasteiger partial charge in [-0.1, -0.05) is 49.3 Å². The molecule has 3 heteroatoms. The van der Waals surface area contributed by atoms with Gasteiger partial charge in [0.1, 0.15) is 6.10 Å². The van der Waals surface area contributed by atoms with E-state index in [0.717, 1.165) is 29.3 Å². The number of para-hydroxylation sites is 1. The topological polar surface area (TPSA) is 53.1 Å². The molecule has 0 saturated heterocycles. The fraction of sp³-hybridized carbons (Fsp3) is 0.421. The molecule has 1 aliphatic rings. The molecule has 2 N–H and O–H groups in total. The van der Waals surface area contributed by atoms with Crippen LogP contribution in [0.15, 0.2) is 29.1 Å². The Morgan fingerprint density at radius 2 is 1.95 bits per heavy atom. The maximum Gasteiger partial charge on any atom is 0.264 e. The normalized spacial score (nSPS) is 17.0. The molecule has 0 amide bonds. The highest BCUT2D eigenvalue weighted by molar-refractivity contribution is 5.83. The zero-order chi connectivity index (χ0) is 15.5. The third-order valence-corrected chi connectivity index (χ3v) is 4.62. The standard InChI is InChI=1S/C19H21NO2/c1-13-15-9-5-6-10-17(15)20-19(22)16(13)11-12-18(21)14-7-3-2-4-8-14/h5-6,9-10,14,18,21H,2-4,7-8H2,1H3,(H,20,22). The minimum atomic E-state index is -0.634. The van der Waals surface area contributed by atoms with E-state index in [2.05, 4.69) is 16.8 Å². The van der Waals surface area contributed by atoms with Gasteiger partial charge in [0.2, 0.25) is 0 Å². The van der Waals surface area contributed by atoms with Crippen molar-refractivity contribution in [1.29, 1.82) is 0 Å². The van der Waals surface area contributed by atoms with Gasteiger partial charge in [0, 0.05) is 10.9 Å². The Hall–Kier alpha value is -2.05. The van der Waals surface area contributed by atoms with E-state index in [1.54, 1.807) is 0 Å². The summed E-state index contributed by atoms with van der Waals surface area (Å²) in [6.07, 6.45) is 5.01. The van der Waals surface area contributed by atoms with E-state index in [9.17, 15) is 9.90 Å². The van der Waals surface area contributed by atoms with Gasteiger partial charge in [-0.05, 0) is 37.3 Å². The Bertz CT molecular complexity index is 788. The van der Waals surface area contributed by atoms with Gasteiger partial charge < -0.3 is 10.1 Å². The second kappa shape index (κ2) is 6.37. The number of H-pyrrole nitrogens is 1. The van der Waals surface area contributed by atoms with Crippen LogP contribution in [0.4, 0.5) is 0 Å². The Kier molecular flexibility index (Phi) is 4.31. The van der Waals surface area contributed by atoms with E-state index in [4.69, 9.17) is 0 Å². The monoisotopic (exact) mass is 295 g/mol. The van der Waals surface area contributed by atoms with Crippen molar-refractivity contribution in [3.05, 3.63) is 45.7 Å². The molecule has 3 rings (SSSR count). The van der Waals surface area contributed by atoms with E-state index >= 15 is 0 Å². The van der Waals surface area contributed by atoms with Crippen molar-refractivity contribution in [3.8, 4) is 11.8 Å². The summed E-state index contributed by atoms with van der Waals surface area (Å²) in [6.45, 7) is 1.91. The molecule has 1 fully saturated rings. The molecular weight excluding hydrogens is 274 g/mol. The van der Waals surface area contributed by atoms with Crippen molar-refractivity contribution in [2.45, 2.75) is 45.1 Å². The molecule has 1 aromatic heterocycles. The highest BCUT2D eigenvalue weighted by Gasteiger charge is 2.20. The molecule has 2 aromatic rings. The fourth-order valence-electron chi connectivity index (χ4n) is 3.27. The van der Waals surface area contributed by atoms with Crippen LogP contribution in [-0.4, -0.2) is 16.2 Å². The summed E-state index contributed by atoms with van der Waals surface area (Å²) in [5, 5.41) is 11.2. The van der Waals surface area contributed by atoms with Crippen LogP contribution in [0.3, 0.4) is 0 Å². The lowest BCUT2D eigenvalue weighted by Gasteiger charge is -2.23. The quantitative estimate of drug-likeness (QED) is 0.794. The van der Waals surface area contributed by atoms with Crippen LogP contribution in [0.5, 0.6) is 0 Å². The number of aromatic amines is 1. The van der Waals surface area contributed by atoms with Crippen molar-refractivity contribution < 1.29 is 5.11 Å². The Morgan fingerprint density at radius 3 is 2.73 bits per heavy atom. The first-order valence-electron chi connectivity index (χ1n) is 7.98. The van der Waals surface area contributed by atoms with Gasteiger partial charge in [0.15, 0.2) is 0 Å². The number of aryl methyl sites for hydroxylation is 1. The van der Waals surface area contributed by atoms with E-state index in [-0.39, 0.29) is 11.5 Å². The SMILES string of the molecule is Cc1c(C#CC(O)C2CCCCC2)c(=O)[nH]c2ccccc12. The van der Waals surface area contributed by atoms with Gasteiger partial charge in [0.25, 0.3) is 5.56 Å². The van der Waals surface area contributed by atoms with Gasteiger partial charge in [0.05, 0.1) is 5.56 Å². The number of pyridine rings is 1. The van der Waals surface area contributed by atoms with Crippen LogP contribution in [0, 0.1) is 24.7 Å². The molecule has 22 heavy (non-hydrogen) atoms. The van der Waals surface area contributed by atoms with Gasteiger partial charge in [-0.15, -0.1) is 0 Å². The minimum absolute atomic E-state index is 0.181. The summed E-state index contributed by atoms with van der Waals surface area (Å²) in [5.41, 5.74) is 1.99. The molecule has 1 heterocycles. The summed E-state index contributed by atoms with van der Waals surface area (Å²) in [5.74, 6) is 6.08. The van der Waals surface area contributed by atoms with Crippen LogP contribution in [0.1, 0.15) is 43.2 Å². The zero-order valence-corrected chi connectivity index (χ0v) is 12.9. The molecule has 0 radical (unpaired) electrons. The van der Waals surface area contributed by atoms with Crippen LogP contribution < -0.4 is 5.56 Å². The molecule has 1 aliphatic carbocycles. The smallest absolute Gasteiger partial charge is 0.264 e. The first-order valence-corrected chi connectivity index (χ1v) is 7.98. The maximum atomic E-state index is 12.2. The van der Waals surface area contributed by atoms with Crippen LogP contribution in [0.2, 0.25) is 0 Å². The molecule has 1 unspecified atom stereocenters. The second-order valence-corrected chi connectivity index (χ2v) is 6.11. The summed E-state index contributed by atoms with van der Waals surface area (Å²) < 4.78 is 0. The molecule has 1 atom stereocenters. The average molecular weight is 295 g/mol. The van der Waals surface area contributed by atoms with Gasteiger partial charge in [-0.25, -0.2) is 0 Å². The van der Waals surface area contributed by atoms with Gasteiger partial charge >= 0.3 is 0 Å². The number of fused-ring (bicyclic) bond motifs is 1. The van der Waals surface area contributed by atoms with Crippen molar-refractivity contribution >= 4 is 10.9 Å². The fourth-order valence-corrected chi connectivity index (χ4v) is 3.27. The van der Waals surface area contributed by atoms with E-state index in [0.29, 0.717) is 5.56 Å². The Labute approximate surface area is 130 Å². The third-order valence-electron chi connectivity index (χ3n) is 4.62. The Morgan fingerprint density at radius 1 is 1.23 bits per heavy atom. The molecule has 0 bridgehead atoms. The minimum Gasteiger partial charge on any atom is -0.380 e. The number of benzene rings is 1. The number of aliphatic hydroxyl groups is 1. The van der Waals surface area contributed by atoms with Gasteiger partial charge in [-0.3, -0.25) is 4.79 Å². The molecule has 0 aliphatic heterocycles. The maximum absolute atomic E-state index is 12.2. The first kappa shape index (κ1) is 14.9. The highest BCUT2D eigenvalue weighted by atomic mass is 16.3. The molecule has 1 aromatic carbocycles. The molecule has 0 spiro atoms. The van der Waals surface area contributed by atoms with Crippen molar-refractivity contribution in [3.63, 3.8) is 0 Å². The lowest BCUT2D eigenvalue weighted by Crippen LogP contribution is -2.21. The number of hydrogen-bond acceptors (Lipinski definition) is 2. The lowest BCUT2D eigenvalue weighted by atomic mass is 9.85. The summed E-state index contributed by atoms with van der Waals surface area (Å²) in [4.78, 5) is 15.1. The number of rotatable bonds is 1. The zero-order valence-electron chi connectivity index (χ0n) is 12.9. The van der Waals surface area contributed by atoms with E-state index in [1.165, 1.54) is 19.3 Å². The number of aromatic nitrogens is 1. The predicted molar refractivity (Wildman–Crippen MR) is 88.8 cm³/mol. The summed E-state index contributed by atoms with van der Waals surface area (Å²) in [7, 11) is 0. The average Bonchev–Trinajstić information content (AvgIpc) is 2.55. The summed E-state index contributed by atoms with van der Waals surface area (Å²) in [6, 6.07) is 7.71. The number of hydrogen-bond donors (Lipinski definition) is 2. The largest absolute Gasteiger partial charge is 0.380 e. The number of aliphatic hydroxyl groups excluding tert-OH is 1.